The predicted octanol–water partition coefficient (Wildman–Crippen LogP) is 8.33. The molecule has 0 spiro atoms. The lowest BCUT2D eigenvalue weighted by molar-refractivity contribution is -0.328. The summed E-state index contributed by atoms with van der Waals surface area (Å²) in [5, 5.41) is 0. The van der Waals surface area contributed by atoms with Crippen LogP contribution >= 0.6 is 0 Å². The SMILES string of the molecule is c1ccc(CCCOC2O[C@H](COCc3ccccc3)[C@H](OCc3ccccc3)[C@H](OCc3ccccc3)[C@H]2OCc2ccccc2)cc1. The normalized spacial score (nSPS) is 20.6. The third kappa shape index (κ3) is 10.9. The Balaban J connectivity index is 1.25. The molecule has 254 valence electrons. The Morgan fingerprint density at radius 1 is 0.408 bits per heavy atom. The van der Waals surface area contributed by atoms with Gasteiger partial charge in [0.05, 0.1) is 39.6 Å². The first-order valence-electron chi connectivity index (χ1n) is 17.2. The highest BCUT2D eigenvalue weighted by Crippen LogP contribution is 2.32. The molecular weight excluding hydrogens is 612 g/mol. The van der Waals surface area contributed by atoms with Gasteiger partial charge in [-0.1, -0.05) is 152 Å². The highest BCUT2D eigenvalue weighted by Gasteiger charge is 2.49. The first kappa shape index (κ1) is 34.7. The molecule has 5 aromatic carbocycles. The average Bonchev–Trinajstić information content (AvgIpc) is 3.16. The van der Waals surface area contributed by atoms with Gasteiger partial charge in [-0.25, -0.2) is 0 Å². The Bertz CT molecular complexity index is 1590. The van der Waals surface area contributed by atoms with E-state index in [9.17, 15) is 0 Å². The molecule has 0 radical (unpaired) electrons. The molecule has 0 N–H and O–H groups in total. The summed E-state index contributed by atoms with van der Waals surface area (Å²) in [6.07, 6.45) is -0.981. The molecule has 0 amide bonds. The molecule has 0 aliphatic carbocycles. The maximum Gasteiger partial charge on any atom is 0.186 e. The predicted molar refractivity (Wildman–Crippen MR) is 191 cm³/mol. The molecule has 0 bridgehead atoms. The smallest absolute Gasteiger partial charge is 0.186 e. The van der Waals surface area contributed by atoms with Crippen molar-refractivity contribution >= 4 is 0 Å². The van der Waals surface area contributed by atoms with Crippen LogP contribution in [0.15, 0.2) is 152 Å². The van der Waals surface area contributed by atoms with Crippen LogP contribution < -0.4 is 0 Å². The monoisotopic (exact) mass is 658 g/mol. The number of ether oxygens (including phenoxy) is 6. The molecule has 1 unspecified atom stereocenters. The number of hydrogen-bond acceptors (Lipinski definition) is 6. The topological polar surface area (TPSA) is 55.4 Å². The van der Waals surface area contributed by atoms with E-state index in [0.29, 0.717) is 39.6 Å². The first-order chi connectivity index (χ1) is 24.3. The maximum absolute atomic E-state index is 6.81. The van der Waals surface area contributed by atoms with E-state index >= 15 is 0 Å². The quantitative estimate of drug-likeness (QED) is 0.0883. The molecule has 6 nitrogen and oxygen atoms in total. The van der Waals surface area contributed by atoms with Crippen molar-refractivity contribution in [2.75, 3.05) is 13.2 Å². The molecule has 0 saturated carbocycles. The van der Waals surface area contributed by atoms with Crippen LogP contribution in [-0.4, -0.2) is 43.9 Å². The van der Waals surface area contributed by atoms with Crippen LogP contribution in [0.5, 0.6) is 0 Å². The van der Waals surface area contributed by atoms with Gasteiger partial charge in [0.25, 0.3) is 0 Å². The lowest BCUT2D eigenvalue weighted by Gasteiger charge is -2.46. The van der Waals surface area contributed by atoms with Crippen LogP contribution in [0.4, 0.5) is 0 Å². The van der Waals surface area contributed by atoms with E-state index in [0.717, 1.165) is 35.1 Å². The number of aryl methyl sites for hydroxylation is 1. The van der Waals surface area contributed by atoms with Gasteiger partial charge in [0.1, 0.15) is 24.4 Å². The van der Waals surface area contributed by atoms with Gasteiger partial charge in [-0.15, -0.1) is 0 Å². The fraction of sp³-hybridized carbons (Fsp3) is 0.302. The molecular formula is C43H46O6. The molecule has 1 heterocycles. The zero-order valence-corrected chi connectivity index (χ0v) is 27.9. The Labute approximate surface area is 290 Å². The lowest BCUT2D eigenvalue weighted by atomic mass is 9.97. The summed E-state index contributed by atoms with van der Waals surface area (Å²) >= 11 is 0. The van der Waals surface area contributed by atoms with Crippen molar-refractivity contribution in [3.63, 3.8) is 0 Å². The minimum absolute atomic E-state index is 0.300. The zero-order valence-electron chi connectivity index (χ0n) is 27.9. The van der Waals surface area contributed by atoms with Crippen LogP contribution in [0.1, 0.15) is 34.2 Å². The van der Waals surface area contributed by atoms with Crippen LogP contribution in [-0.2, 0) is 61.3 Å². The largest absolute Gasteiger partial charge is 0.374 e. The molecule has 6 rings (SSSR count). The summed E-state index contributed by atoms with van der Waals surface area (Å²) in [5.74, 6) is 0. The van der Waals surface area contributed by atoms with E-state index < -0.39 is 30.7 Å². The Kier molecular flexibility index (Phi) is 13.6. The van der Waals surface area contributed by atoms with Crippen molar-refractivity contribution in [3.8, 4) is 0 Å². The van der Waals surface area contributed by atoms with Crippen molar-refractivity contribution in [1.82, 2.24) is 0 Å². The molecule has 5 aromatic rings. The van der Waals surface area contributed by atoms with E-state index in [1.165, 1.54) is 5.56 Å². The molecule has 0 aromatic heterocycles. The zero-order chi connectivity index (χ0) is 33.4. The fourth-order valence-electron chi connectivity index (χ4n) is 6.00. The van der Waals surface area contributed by atoms with Crippen LogP contribution in [0.3, 0.4) is 0 Å². The fourth-order valence-corrected chi connectivity index (χ4v) is 6.00. The summed E-state index contributed by atoms with van der Waals surface area (Å²) in [7, 11) is 0. The summed E-state index contributed by atoms with van der Waals surface area (Å²) in [5.41, 5.74) is 5.55. The number of rotatable bonds is 18. The van der Waals surface area contributed by atoms with Gasteiger partial charge >= 0.3 is 0 Å². The van der Waals surface area contributed by atoms with E-state index in [1.54, 1.807) is 0 Å². The molecule has 6 heteroatoms. The van der Waals surface area contributed by atoms with E-state index in [-0.39, 0.29) is 0 Å². The van der Waals surface area contributed by atoms with E-state index in [2.05, 4.69) is 72.8 Å². The molecule has 1 aliphatic heterocycles. The van der Waals surface area contributed by atoms with Crippen molar-refractivity contribution in [3.05, 3.63) is 179 Å². The van der Waals surface area contributed by atoms with Gasteiger partial charge < -0.3 is 28.4 Å². The Hall–Kier alpha value is -4.14. The molecule has 1 fully saturated rings. The second kappa shape index (κ2) is 19.2. The molecule has 49 heavy (non-hydrogen) atoms. The summed E-state index contributed by atoms with van der Waals surface area (Å²) in [6.45, 7) is 2.42. The average molecular weight is 659 g/mol. The molecule has 1 saturated heterocycles. The van der Waals surface area contributed by atoms with Gasteiger partial charge in [0, 0.05) is 0 Å². The van der Waals surface area contributed by atoms with Crippen LogP contribution in [0.25, 0.3) is 0 Å². The van der Waals surface area contributed by atoms with E-state index in [4.69, 9.17) is 28.4 Å². The second-order valence-electron chi connectivity index (χ2n) is 12.3. The van der Waals surface area contributed by atoms with Gasteiger partial charge in [0.2, 0.25) is 0 Å². The third-order valence-electron chi connectivity index (χ3n) is 8.58. The van der Waals surface area contributed by atoms with Gasteiger partial charge in [-0.3, -0.25) is 0 Å². The highest BCUT2D eigenvalue weighted by molar-refractivity contribution is 5.17. The second-order valence-corrected chi connectivity index (χ2v) is 12.3. The highest BCUT2D eigenvalue weighted by atomic mass is 16.7. The number of hydrogen-bond donors (Lipinski definition) is 0. The van der Waals surface area contributed by atoms with Crippen molar-refractivity contribution < 1.29 is 28.4 Å². The van der Waals surface area contributed by atoms with Crippen molar-refractivity contribution in [2.24, 2.45) is 0 Å². The lowest BCUT2D eigenvalue weighted by Crippen LogP contribution is -2.61. The minimum atomic E-state index is -0.692. The molecule has 1 aliphatic rings. The standard InChI is InChI=1S/C43H46O6/c1-6-17-34(18-7-1)27-16-28-45-43-42(48-32-38-25-14-5-15-26-38)41(47-31-37-23-12-4-13-24-37)40(46-30-36-21-10-3-11-22-36)39(49-43)33-44-29-35-19-8-2-9-20-35/h1-15,17-26,39-43H,16,27-33H2/t39-,40+,41+,42-,43?/m1/s1. The van der Waals surface area contributed by atoms with Crippen molar-refractivity contribution in [2.45, 2.75) is 70.0 Å². The van der Waals surface area contributed by atoms with Crippen LogP contribution in [0, 0.1) is 0 Å². The summed E-state index contributed by atoms with van der Waals surface area (Å²) in [6, 6.07) is 51.1. The third-order valence-corrected chi connectivity index (χ3v) is 8.58. The van der Waals surface area contributed by atoms with Gasteiger partial charge in [-0.2, -0.15) is 0 Å². The Morgan fingerprint density at radius 2 is 0.816 bits per heavy atom. The first-order valence-corrected chi connectivity index (χ1v) is 17.2. The van der Waals surface area contributed by atoms with Gasteiger partial charge in [0.15, 0.2) is 6.29 Å². The minimum Gasteiger partial charge on any atom is -0.374 e. The maximum atomic E-state index is 6.81. The molecule has 5 atom stereocenters. The number of benzene rings is 5. The van der Waals surface area contributed by atoms with Crippen LogP contribution in [0.2, 0.25) is 0 Å². The Morgan fingerprint density at radius 3 is 1.31 bits per heavy atom. The summed E-state index contributed by atoms with van der Waals surface area (Å²) in [4.78, 5) is 0. The van der Waals surface area contributed by atoms with Crippen molar-refractivity contribution in [1.29, 1.82) is 0 Å². The van der Waals surface area contributed by atoms with Gasteiger partial charge in [-0.05, 0) is 40.7 Å². The summed E-state index contributed by atoms with van der Waals surface area (Å²) < 4.78 is 39.9. The van der Waals surface area contributed by atoms with E-state index in [1.807, 2.05) is 78.9 Å².